The molecule has 0 bridgehead atoms. The predicted octanol–water partition coefficient (Wildman–Crippen LogP) is 3.94. The van der Waals surface area contributed by atoms with Crippen LogP contribution < -0.4 is 0 Å². The number of ketones is 1. The van der Waals surface area contributed by atoms with E-state index in [0.717, 1.165) is 6.07 Å². The average molecular weight is 325 g/mol. The third-order valence-electron chi connectivity index (χ3n) is 2.97. The minimum atomic E-state index is -1.31. The Morgan fingerprint density at radius 1 is 1.05 bits per heavy atom. The number of phenols is 1. The first-order valence-electron chi connectivity index (χ1n) is 5.88. The molecule has 0 spiro atoms. The van der Waals surface area contributed by atoms with Crippen LogP contribution in [0.25, 0.3) is 0 Å². The molecule has 6 heteroatoms. The van der Waals surface area contributed by atoms with Crippen molar-refractivity contribution in [2.24, 2.45) is 0 Å². The van der Waals surface area contributed by atoms with Crippen LogP contribution in [0.15, 0.2) is 30.3 Å². The van der Waals surface area contributed by atoms with Crippen LogP contribution in [0.1, 0.15) is 31.8 Å². The molecule has 0 aliphatic carbocycles. The lowest BCUT2D eigenvalue weighted by molar-refractivity contribution is 0.0693. The van der Waals surface area contributed by atoms with E-state index in [1.165, 1.54) is 31.2 Å². The van der Waals surface area contributed by atoms with Crippen LogP contribution in [0.3, 0.4) is 0 Å². The van der Waals surface area contributed by atoms with Crippen molar-refractivity contribution in [3.8, 4) is 5.75 Å². The summed E-state index contributed by atoms with van der Waals surface area (Å²) >= 11 is 11.8. The summed E-state index contributed by atoms with van der Waals surface area (Å²) in [5.74, 6) is -2.11. The number of carbonyl (C=O) groups is 2. The molecular weight excluding hydrogens is 315 g/mol. The summed E-state index contributed by atoms with van der Waals surface area (Å²) in [6.07, 6.45) is 0. The topological polar surface area (TPSA) is 74.6 Å². The first kappa shape index (κ1) is 15.4. The third-order valence-corrected chi connectivity index (χ3v) is 3.52. The molecule has 0 aliphatic rings. The number of halogens is 2. The van der Waals surface area contributed by atoms with Crippen molar-refractivity contribution in [3.63, 3.8) is 0 Å². The number of rotatable bonds is 3. The van der Waals surface area contributed by atoms with Crippen LogP contribution >= 0.6 is 23.2 Å². The van der Waals surface area contributed by atoms with Gasteiger partial charge in [-0.3, -0.25) is 4.79 Å². The molecule has 0 fully saturated rings. The molecule has 21 heavy (non-hydrogen) atoms. The summed E-state index contributed by atoms with van der Waals surface area (Å²) in [6, 6.07) is 6.95. The number of carbonyl (C=O) groups excluding carboxylic acids is 1. The fourth-order valence-electron chi connectivity index (χ4n) is 1.90. The van der Waals surface area contributed by atoms with Gasteiger partial charge in [0.2, 0.25) is 0 Å². The summed E-state index contributed by atoms with van der Waals surface area (Å²) < 4.78 is 0. The lowest BCUT2D eigenvalue weighted by Crippen LogP contribution is -2.06. The van der Waals surface area contributed by atoms with Gasteiger partial charge in [0.25, 0.3) is 0 Å². The van der Waals surface area contributed by atoms with Gasteiger partial charge in [-0.2, -0.15) is 0 Å². The van der Waals surface area contributed by atoms with Gasteiger partial charge < -0.3 is 10.2 Å². The van der Waals surface area contributed by atoms with Gasteiger partial charge >= 0.3 is 5.97 Å². The Labute approximate surface area is 130 Å². The second-order valence-electron chi connectivity index (χ2n) is 4.45. The van der Waals surface area contributed by atoms with Crippen molar-refractivity contribution in [2.45, 2.75) is 6.92 Å². The highest BCUT2D eigenvalue weighted by Crippen LogP contribution is 2.28. The molecule has 0 radical (unpaired) electrons. The zero-order chi connectivity index (χ0) is 15.7. The molecule has 0 aliphatic heterocycles. The van der Waals surface area contributed by atoms with Gasteiger partial charge in [-0.05, 0) is 42.8 Å². The summed E-state index contributed by atoms with van der Waals surface area (Å²) in [5.41, 5.74) is 0.307. The molecule has 0 saturated heterocycles. The largest absolute Gasteiger partial charge is 0.507 e. The van der Waals surface area contributed by atoms with Crippen molar-refractivity contribution < 1.29 is 19.8 Å². The third kappa shape index (κ3) is 3.01. The zero-order valence-corrected chi connectivity index (χ0v) is 12.4. The van der Waals surface area contributed by atoms with Crippen LogP contribution in [-0.4, -0.2) is 22.0 Å². The number of hydrogen-bond acceptors (Lipinski definition) is 3. The highest BCUT2D eigenvalue weighted by atomic mass is 35.5. The molecular formula is C15H10Cl2O4. The van der Waals surface area contributed by atoms with Crippen molar-refractivity contribution in [1.82, 2.24) is 0 Å². The van der Waals surface area contributed by atoms with Gasteiger partial charge in [0.1, 0.15) is 11.3 Å². The van der Waals surface area contributed by atoms with Gasteiger partial charge in [0, 0.05) is 16.1 Å². The molecule has 4 nitrogen and oxygen atoms in total. The number of aromatic carboxylic acids is 1. The normalized spacial score (nSPS) is 10.4. The van der Waals surface area contributed by atoms with Crippen molar-refractivity contribution >= 4 is 35.0 Å². The number of carboxylic acids is 1. The highest BCUT2D eigenvalue weighted by molar-refractivity contribution is 6.37. The molecule has 0 saturated carbocycles. The highest BCUT2D eigenvalue weighted by Gasteiger charge is 2.19. The molecule has 0 unspecified atom stereocenters. The van der Waals surface area contributed by atoms with Gasteiger partial charge in [-0.1, -0.05) is 23.2 Å². The van der Waals surface area contributed by atoms with Crippen molar-refractivity contribution in [1.29, 1.82) is 0 Å². The van der Waals surface area contributed by atoms with E-state index in [1.54, 1.807) is 0 Å². The van der Waals surface area contributed by atoms with E-state index in [0.29, 0.717) is 10.6 Å². The molecule has 0 heterocycles. The zero-order valence-electron chi connectivity index (χ0n) is 10.9. The number of hydrogen-bond donors (Lipinski definition) is 2. The standard InChI is InChI=1S/C15H10Cl2O4/c1-7-4-8(5-11(13(7)18)15(20)21)14(19)10-3-2-9(16)6-12(10)17/h2-6,18H,1H3,(H,20,21). The maximum atomic E-state index is 12.4. The number of carboxylic acid groups (broad SMARTS) is 1. The van der Waals surface area contributed by atoms with E-state index in [9.17, 15) is 14.7 Å². The van der Waals surface area contributed by atoms with E-state index >= 15 is 0 Å². The van der Waals surface area contributed by atoms with Gasteiger partial charge in [0.15, 0.2) is 5.78 Å². The Bertz CT molecular complexity index is 754. The first-order valence-corrected chi connectivity index (χ1v) is 6.63. The fraction of sp³-hybridized carbons (Fsp3) is 0.0667. The molecule has 2 N–H and O–H groups in total. The maximum Gasteiger partial charge on any atom is 0.339 e. The van der Waals surface area contributed by atoms with Crippen molar-refractivity contribution in [3.05, 3.63) is 62.6 Å². The van der Waals surface area contributed by atoms with E-state index in [2.05, 4.69) is 0 Å². The second-order valence-corrected chi connectivity index (χ2v) is 5.29. The molecule has 108 valence electrons. The monoisotopic (exact) mass is 324 g/mol. The lowest BCUT2D eigenvalue weighted by atomic mass is 9.98. The minimum absolute atomic E-state index is 0.131. The average Bonchev–Trinajstić information content (AvgIpc) is 2.40. The van der Waals surface area contributed by atoms with Gasteiger partial charge in [-0.15, -0.1) is 0 Å². The van der Waals surface area contributed by atoms with Gasteiger partial charge in [0.05, 0.1) is 5.02 Å². The molecule has 0 atom stereocenters. The summed E-state index contributed by atoms with van der Waals surface area (Å²) in [6.45, 7) is 1.52. The molecule has 0 aromatic heterocycles. The predicted molar refractivity (Wildman–Crippen MR) is 79.7 cm³/mol. The second kappa shape index (κ2) is 5.76. The van der Waals surface area contributed by atoms with Crippen LogP contribution in [-0.2, 0) is 0 Å². The number of benzene rings is 2. The number of aromatic hydroxyl groups is 1. The Balaban J connectivity index is 2.56. The molecule has 0 amide bonds. The lowest BCUT2D eigenvalue weighted by Gasteiger charge is -2.09. The van der Waals surface area contributed by atoms with E-state index in [4.69, 9.17) is 28.3 Å². The smallest absolute Gasteiger partial charge is 0.339 e. The Kier molecular flexibility index (Phi) is 4.21. The van der Waals surface area contributed by atoms with E-state index in [-0.39, 0.29) is 27.5 Å². The summed E-state index contributed by atoms with van der Waals surface area (Å²) in [5, 5.41) is 19.3. The van der Waals surface area contributed by atoms with Crippen LogP contribution in [0, 0.1) is 6.92 Å². The van der Waals surface area contributed by atoms with Crippen LogP contribution in [0.4, 0.5) is 0 Å². The molecule has 2 aromatic rings. The SMILES string of the molecule is Cc1cc(C(=O)c2ccc(Cl)cc2Cl)cc(C(=O)O)c1O. The van der Waals surface area contributed by atoms with Crippen molar-refractivity contribution in [2.75, 3.05) is 0 Å². The van der Waals surface area contributed by atoms with Crippen LogP contribution in [0.5, 0.6) is 5.75 Å². The van der Waals surface area contributed by atoms with Crippen LogP contribution in [0.2, 0.25) is 10.0 Å². The van der Waals surface area contributed by atoms with Gasteiger partial charge in [-0.25, -0.2) is 4.79 Å². The fourth-order valence-corrected chi connectivity index (χ4v) is 2.40. The Morgan fingerprint density at radius 3 is 2.29 bits per heavy atom. The Hall–Kier alpha value is -2.04. The first-order chi connectivity index (χ1) is 9.81. The maximum absolute atomic E-state index is 12.4. The van der Waals surface area contributed by atoms with E-state index in [1.807, 2.05) is 0 Å². The molecule has 2 rings (SSSR count). The summed E-state index contributed by atoms with van der Waals surface area (Å²) in [7, 11) is 0. The minimum Gasteiger partial charge on any atom is -0.507 e. The quantitative estimate of drug-likeness (QED) is 0.838. The summed E-state index contributed by atoms with van der Waals surface area (Å²) in [4.78, 5) is 23.5. The number of aryl methyl sites for hydroxylation is 1. The van der Waals surface area contributed by atoms with E-state index < -0.39 is 11.8 Å². The Morgan fingerprint density at radius 2 is 1.71 bits per heavy atom. The molecule has 2 aromatic carbocycles.